The van der Waals surface area contributed by atoms with E-state index < -0.39 is 16.4 Å². The Morgan fingerprint density at radius 3 is 2.42 bits per heavy atom. The highest BCUT2D eigenvalue weighted by Crippen LogP contribution is 2.28. The first-order chi connectivity index (χ1) is 17.0. The second kappa shape index (κ2) is 10.3. The van der Waals surface area contributed by atoms with Crippen LogP contribution < -0.4 is 14.4 Å². The van der Waals surface area contributed by atoms with Crippen LogP contribution in [0.1, 0.15) is 12.0 Å². The minimum absolute atomic E-state index is 0.0364. The first-order valence-electron chi connectivity index (χ1n) is 10.8. The first-order valence-corrected chi connectivity index (χ1v) is 12.7. The number of amides is 2. The summed E-state index contributed by atoms with van der Waals surface area (Å²) in [5.41, 5.74) is 1.23. The number of hydrogen-bond donors (Lipinski definition) is 1. The van der Waals surface area contributed by atoms with E-state index in [4.69, 9.17) is 11.6 Å². The van der Waals surface area contributed by atoms with Crippen LogP contribution in [-0.2, 0) is 16.6 Å². The molecule has 1 N–H and O–H groups in total. The van der Waals surface area contributed by atoms with Crippen LogP contribution in [0.2, 0.25) is 5.02 Å². The number of alkyl halides is 3. The molecule has 0 saturated carbocycles. The van der Waals surface area contributed by atoms with Gasteiger partial charge < -0.3 is 9.64 Å². The van der Waals surface area contributed by atoms with E-state index in [0.29, 0.717) is 35.8 Å². The molecule has 0 atom stereocenters. The van der Waals surface area contributed by atoms with Gasteiger partial charge in [0.15, 0.2) is 0 Å². The molecule has 0 bridgehead atoms. The summed E-state index contributed by atoms with van der Waals surface area (Å²) in [4.78, 5) is 16.2. The van der Waals surface area contributed by atoms with E-state index in [0.717, 1.165) is 0 Å². The van der Waals surface area contributed by atoms with E-state index in [-0.39, 0.29) is 28.9 Å². The van der Waals surface area contributed by atoms with E-state index in [9.17, 15) is 26.4 Å². The lowest BCUT2D eigenvalue weighted by molar-refractivity contribution is -0.274. The molecule has 1 fully saturated rings. The number of sulfonamides is 1. The molecule has 12 heteroatoms. The second-order valence-electron chi connectivity index (χ2n) is 8.01. The number of halogens is 4. The van der Waals surface area contributed by atoms with Gasteiger partial charge in [-0.05, 0) is 66.6 Å². The normalized spacial score (nSPS) is 14.6. The van der Waals surface area contributed by atoms with Crippen LogP contribution in [0.5, 0.6) is 5.75 Å². The molecule has 3 aromatic rings. The van der Waals surface area contributed by atoms with Gasteiger partial charge in [0.2, 0.25) is 0 Å². The molecule has 1 heterocycles. The van der Waals surface area contributed by atoms with E-state index in [1.165, 1.54) is 52.3 Å². The predicted molar refractivity (Wildman–Crippen MR) is 130 cm³/mol. The maximum Gasteiger partial charge on any atom is 0.573 e. The summed E-state index contributed by atoms with van der Waals surface area (Å²) in [5, 5.41) is 0.406. The number of nitrogens with zero attached hydrogens (tertiary/aromatic N) is 2. The maximum atomic E-state index is 13.2. The highest BCUT2D eigenvalue weighted by molar-refractivity contribution is 7.92. The van der Waals surface area contributed by atoms with E-state index in [1.54, 1.807) is 30.3 Å². The van der Waals surface area contributed by atoms with Crippen molar-refractivity contribution in [3.8, 4) is 5.75 Å². The van der Waals surface area contributed by atoms with E-state index in [1.807, 2.05) is 0 Å². The molecule has 36 heavy (non-hydrogen) atoms. The summed E-state index contributed by atoms with van der Waals surface area (Å²) in [5.74, 6) is -0.359. The van der Waals surface area contributed by atoms with Crippen LogP contribution in [0, 0.1) is 0 Å². The Bertz CT molecular complexity index is 1350. The number of benzene rings is 3. The SMILES string of the molecule is O=C1N(Cc2cccc(OC(F)(F)F)c2)CCCN1c1cccc(NS(=O)(=O)c2ccc(Cl)cc2)c1. The second-order valence-corrected chi connectivity index (χ2v) is 10.1. The van der Waals surface area contributed by atoms with Crippen molar-refractivity contribution in [2.45, 2.75) is 24.2 Å². The minimum atomic E-state index is -4.81. The van der Waals surface area contributed by atoms with E-state index >= 15 is 0 Å². The zero-order valence-corrected chi connectivity index (χ0v) is 20.3. The highest BCUT2D eigenvalue weighted by Gasteiger charge is 2.31. The molecule has 0 aromatic heterocycles. The van der Waals surface area contributed by atoms with Gasteiger partial charge in [-0.25, -0.2) is 13.2 Å². The monoisotopic (exact) mass is 539 g/mol. The molecule has 190 valence electrons. The lowest BCUT2D eigenvalue weighted by Gasteiger charge is -2.36. The predicted octanol–water partition coefficient (Wildman–Crippen LogP) is 5.87. The molecule has 0 aliphatic carbocycles. The Morgan fingerprint density at radius 2 is 1.69 bits per heavy atom. The Balaban J connectivity index is 1.49. The highest BCUT2D eigenvalue weighted by atomic mass is 35.5. The number of carbonyl (C=O) groups is 1. The van der Waals surface area contributed by atoms with Crippen LogP contribution in [-0.4, -0.2) is 38.8 Å². The zero-order chi connectivity index (χ0) is 25.9. The minimum Gasteiger partial charge on any atom is -0.406 e. The molecular formula is C24H21ClF3N3O4S. The van der Waals surface area contributed by atoms with Crippen molar-refractivity contribution in [1.29, 1.82) is 0 Å². The van der Waals surface area contributed by atoms with Crippen molar-refractivity contribution < 1.29 is 31.1 Å². The Hall–Kier alpha value is -3.44. The van der Waals surface area contributed by atoms with Gasteiger partial charge in [-0.2, -0.15) is 0 Å². The Morgan fingerprint density at radius 1 is 0.972 bits per heavy atom. The van der Waals surface area contributed by atoms with Crippen LogP contribution in [0.3, 0.4) is 0 Å². The average molecular weight is 540 g/mol. The molecule has 4 rings (SSSR count). The third-order valence-electron chi connectivity index (χ3n) is 5.35. The molecule has 1 saturated heterocycles. The lowest BCUT2D eigenvalue weighted by Crippen LogP contribution is -2.49. The molecule has 0 unspecified atom stereocenters. The average Bonchev–Trinajstić information content (AvgIpc) is 2.80. The molecule has 3 aromatic carbocycles. The van der Waals surface area contributed by atoms with Crippen molar-refractivity contribution in [2.24, 2.45) is 0 Å². The number of nitrogens with one attached hydrogen (secondary N) is 1. The number of ether oxygens (including phenoxy) is 1. The molecule has 1 aliphatic rings. The topological polar surface area (TPSA) is 79.0 Å². The fraction of sp³-hybridized carbons (Fsp3) is 0.208. The number of anilines is 2. The lowest BCUT2D eigenvalue weighted by atomic mass is 10.1. The zero-order valence-electron chi connectivity index (χ0n) is 18.7. The third-order valence-corrected chi connectivity index (χ3v) is 7.00. The van der Waals surface area contributed by atoms with Crippen molar-refractivity contribution in [2.75, 3.05) is 22.7 Å². The summed E-state index contributed by atoms with van der Waals surface area (Å²) < 4.78 is 69.5. The smallest absolute Gasteiger partial charge is 0.406 e. The summed E-state index contributed by atoms with van der Waals surface area (Å²) in [6.07, 6.45) is -4.19. The van der Waals surface area contributed by atoms with Gasteiger partial charge in [0.05, 0.1) is 10.6 Å². The summed E-state index contributed by atoms with van der Waals surface area (Å²) in [7, 11) is -3.87. The van der Waals surface area contributed by atoms with Crippen LogP contribution >= 0.6 is 11.6 Å². The summed E-state index contributed by atoms with van der Waals surface area (Å²) in [6, 6.07) is 17.3. The van der Waals surface area contributed by atoms with Gasteiger partial charge in [-0.1, -0.05) is 29.8 Å². The number of rotatable bonds is 7. The fourth-order valence-corrected chi connectivity index (χ4v) is 4.97. The molecule has 2 amide bonds. The first kappa shape index (κ1) is 25.6. The van der Waals surface area contributed by atoms with Crippen molar-refractivity contribution in [3.05, 3.63) is 83.4 Å². The van der Waals surface area contributed by atoms with Gasteiger partial charge in [-0.15, -0.1) is 13.2 Å². The van der Waals surface area contributed by atoms with Gasteiger partial charge >= 0.3 is 12.4 Å². The molecular weight excluding hydrogens is 519 g/mol. The maximum absolute atomic E-state index is 13.2. The number of carbonyl (C=O) groups excluding carboxylic acids is 1. The number of hydrogen-bond acceptors (Lipinski definition) is 4. The van der Waals surface area contributed by atoms with Crippen LogP contribution in [0.15, 0.2) is 77.7 Å². The number of urea groups is 1. The third kappa shape index (κ3) is 6.41. The van der Waals surface area contributed by atoms with Gasteiger partial charge in [0.1, 0.15) is 5.75 Å². The Labute approximate surface area is 211 Å². The molecule has 0 spiro atoms. The van der Waals surface area contributed by atoms with Gasteiger partial charge in [0.25, 0.3) is 10.0 Å². The van der Waals surface area contributed by atoms with Crippen molar-refractivity contribution in [1.82, 2.24) is 4.90 Å². The quantitative estimate of drug-likeness (QED) is 0.407. The summed E-state index contributed by atoms with van der Waals surface area (Å²) >= 11 is 5.83. The molecule has 1 aliphatic heterocycles. The van der Waals surface area contributed by atoms with Gasteiger partial charge in [-0.3, -0.25) is 9.62 Å². The Kier molecular flexibility index (Phi) is 7.32. The fourth-order valence-electron chi connectivity index (χ4n) is 3.79. The largest absolute Gasteiger partial charge is 0.573 e. The van der Waals surface area contributed by atoms with E-state index in [2.05, 4.69) is 9.46 Å². The molecule has 0 radical (unpaired) electrons. The summed E-state index contributed by atoms with van der Waals surface area (Å²) in [6.45, 7) is 0.912. The van der Waals surface area contributed by atoms with Crippen LogP contribution in [0.25, 0.3) is 0 Å². The van der Waals surface area contributed by atoms with Gasteiger partial charge in [0, 0.05) is 30.3 Å². The molecule has 7 nitrogen and oxygen atoms in total. The van der Waals surface area contributed by atoms with Crippen molar-refractivity contribution in [3.63, 3.8) is 0 Å². The van der Waals surface area contributed by atoms with Crippen molar-refractivity contribution >= 4 is 39.0 Å². The van der Waals surface area contributed by atoms with Crippen LogP contribution in [0.4, 0.5) is 29.3 Å². The standard InChI is InChI=1S/C24H21ClF3N3O4S/c25-18-8-10-22(11-9-18)36(33,34)29-19-5-2-6-20(15-19)31-13-3-12-30(23(31)32)16-17-4-1-7-21(14-17)35-24(26,27)28/h1-2,4-11,14-15,29H,3,12-13,16H2.